The minimum absolute atomic E-state index is 0.401. The van der Waals surface area contributed by atoms with Gasteiger partial charge in [0.15, 0.2) is 0 Å². The number of thiophene rings is 1. The van der Waals surface area contributed by atoms with Crippen molar-refractivity contribution in [2.75, 3.05) is 20.1 Å². The van der Waals surface area contributed by atoms with Gasteiger partial charge in [-0.15, -0.1) is 11.3 Å². The second kappa shape index (κ2) is 7.26. The summed E-state index contributed by atoms with van der Waals surface area (Å²) in [5.74, 6) is 0. The highest BCUT2D eigenvalue weighted by Crippen LogP contribution is 2.30. The van der Waals surface area contributed by atoms with Crippen molar-refractivity contribution in [1.29, 1.82) is 0 Å². The molecule has 1 aliphatic rings. The molecule has 0 spiro atoms. The molecule has 1 aromatic heterocycles. The zero-order chi connectivity index (χ0) is 14.6. The van der Waals surface area contributed by atoms with Crippen LogP contribution in [-0.2, 0) is 6.54 Å². The SMILES string of the molecule is CCC(CC)(CNC1CC1)CN(C)Cc1ccc(Cl)s1. The average Bonchev–Trinajstić information content (AvgIpc) is 3.18. The Balaban J connectivity index is 1.88. The molecular formula is C16H27ClN2S. The normalized spacial score (nSPS) is 16.1. The highest BCUT2D eigenvalue weighted by Gasteiger charge is 2.30. The van der Waals surface area contributed by atoms with E-state index >= 15 is 0 Å². The second-order valence-electron chi connectivity index (χ2n) is 6.24. The minimum Gasteiger partial charge on any atom is -0.313 e. The van der Waals surface area contributed by atoms with Crippen molar-refractivity contribution in [2.24, 2.45) is 5.41 Å². The summed E-state index contributed by atoms with van der Waals surface area (Å²) in [4.78, 5) is 3.80. The molecule has 114 valence electrons. The Morgan fingerprint density at radius 3 is 2.55 bits per heavy atom. The fraction of sp³-hybridized carbons (Fsp3) is 0.750. The van der Waals surface area contributed by atoms with Gasteiger partial charge >= 0.3 is 0 Å². The zero-order valence-electron chi connectivity index (χ0n) is 12.9. The maximum absolute atomic E-state index is 6.01. The molecular weight excluding hydrogens is 288 g/mol. The Morgan fingerprint density at radius 2 is 2.05 bits per heavy atom. The van der Waals surface area contributed by atoms with Gasteiger partial charge in [0.2, 0.25) is 0 Å². The van der Waals surface area contributed by atoms with E-state index in [1.807, 2.05) is 6.07 Å². The van der Waals surface area contributed by atoms with Gasteiger partial charge < -0.3 is 10.2 Å². The zero-order valence-corrected chi connectivity index (χ0v) is 14.5. The predicted octanol–water partition coefficient (Wildman–Crippen LogP) is 4.39. The van der Waals surface area contributed by atoms with Crippen molar-refractivity contribution < 1.29 is 0 Å². The van der Waals surface area contributed by atoms with Crippen LogP contribution in [0.5, 0.6) is 0 Å². The molecule has 20 heavy (non-hydrogen) atoms. The lowest BCUT2D eigenvalue weighted by molar-refractivity contribution is 0.151. The summed E-state index contributed by atoms with van der Waals surface area (Å²) in [5, 5.41) is 3.73. The highest BCUT2D eigenvalue weighted by molar-refractivity contribution is 7.16. The minimum atomic E-state index is 0.401. The molecule has 0 saturated heterocycles. The summed E-state index contributed by atoms with van der Waals surface area (Å²) < 4.78 is 0.890. The monoisotopic (exact) mass is 314 g/mol. The van der Waals surface area contributed by atoms with Gasteiger partial charge in [0.1, 0.15) is 0 Å². The van der Waals surface area contributed by atoms with Crippen molar-refractivity contribution in [3.05, 3.63) is 21.3 Å². The molecule has 0 amide bonds. The molecule has 1 fully saturated rings. The van der Waals surface area contributed by atoms with Crippen LogP contribution in [0.4, 0.5) is 0 Å². The first kappa shape index (κ1) is 16.3. The molecule has 1 N–H and O–H groups in total. The molecule has 1 aliphatic carbocycles. The standard InChI is InChI=1S/C16H27ClN2S/c1-4-16(5-2,11-18-13-6-7-13)12-19(3)10-14-8-9-15(17)20-14/h8-9,13,18H,4-7,10-12H2,1-3H3. The van der Waals surface area contributed by atoms with E-state index in [0.717, 1.165) is 30.0 Å². The first-order valence-corrected chi connectivity index (χ1v) is 8.92. The van der Waals surface area contributed by atoms with E-state index in [1.165, 1.54) is 30.6 Å². The van der Waals surface area contributed by atoms with E-state index < -0.39 is 0 Å². The molecule has 4 heteroatoms. The van der Waals surface area contributed by atoms with Crippen molar-refractivity contribution in [3.63, 3.8) is 0 Å². The van der Waals surface area contributed by atoms with Crippen LogP contribution in [0.1, 0.15) is 44.4 Å². The number of rotatable bonds is 9. The Kier molecular flexibility index (Phi) is 5.91. The number of nitrogens with one attached hydrogen (secondary N) is 1. The lowest BCUT2D eigenvalue weighted by atomic mass is 9.81. The van der Waals surface area contributed by atoms with E-state index in [9.17, 15) is 0 Å². The first-order chi connectivity index (χ1) is 9.57. The predicted molar refractivity (Wildman–Crippen MR) is 89.7 cm³/mol. The topological polar surface area (TPSA) is 15.3 Å². The lowest BCUT2D eigenvalue weighted by Gasteiger charge is -2.36. The molecule has 0 atom stereocenters. The van der Waals surface area contributed by atoms with E-state index in [0.29, 0.717) is 5.41 Å². The lowest BCUT2D eigenvalue weighted by Crippen LogP contribution is -2.42. The number of halogens is 1. The summed E-state index contributed by atoms with van der Waals surface area (Å²) in [6.45, 7) is 7.96. The van der Waals surface area contributed by atoms with E-state index in [2.05, 4.69) is 37.2 Å². The molecule has 0 radical (unpaired) electrons. The van der Waals surface area contributed by atoms with Crippen LogP contribution in [-0.4, -0.2) is 31.1 Å². The molecule has 1 heterocycles. The molecule has 2 nitrogen and oxygen atoms in total. The molecule has 0 aromatic carbocycles. The van der Waals surface area contributed by atoms with Gasteiger partial charge in [-0.1, -0.05) is 25.4 Å². The van der Waals surface area contributed by atoms with Crippen molar-refractivity contribution in [2.45, 2.75) is 52.1 Å². The second-order valence-corrected chi connectivity index (χ2v) is 8.04. The summed E-state index contributed by atoms with van der Waals surface area (Å²) in [5.41, 5.74) is 0.401. The highest BCUT2D eigenvalue weighted by atomic mass is 35.5. The molecule has 1 aromatic rings. The third-order valence-corrected chi connectivity index (χ3v) is 5.72. The third-order valence-electron chi connectivity index (χ3n) is 4.50. The van der Waals surface area contributed by atoms with Crippen LogP contribution in [0.2, 0.25) is 4.34 Å². The Hall–Kier alpha value is -0.0900. The number of hydrogen-bond donors (Lipinski definition) is 1. The maximum Gasteiger partial charge on any atom is 0.0931 e. The fourth-order valence-corrected chi connectivity index (χ4v) is 3.93. The summed E-state index contributed by atoms with van der Waals surface area (Å²) in [6.07, 6.45) is 5.21. The van der Waals surface area contributed by atoms with Crippen LogP contribution in [0.3, 0.4) is 0 Å². The summed E-state index contributed by atoms with van der Waals surface area (Å²) >= 11 is 7.71. The number of nitrogens with zero attached hydrogens (tertiary/aromatic N) is 1. The molecule has 0 aliphatic heterocycles. The Bertz CT molecular complexity index is 410. The van der Waals surface area contributed by atoms with Gasteiger partial charge in [-0.2, -0.15) is 0 Å². The van der Waals surface area contributed by atoms with Crippen molar-refractivity contribution in [3.8, 4) is 0 Å². The summed E-state index contributed by atoms with van der Waals surface area (Å²) in [7, 11) is 2.23. The van der Waals surface area contributed by atoms with E-state index in [1.54, 1.807) is 11.3 Å². The smallest absolute Gasteiger partial charge is 0.0931 e. The van der Waals surface area contributed by atoms with E-state index in [-0.39, 0.29) is 0 Å². The Labute approximate surface area is 132 Å². The Morgan fingerprint density at radius 1 is 1.35 bits per heavy atom. The fourth-order valence-electron chi connectivity index (χ4n) is 2.76. The van der Waals surface area contributed by atoms with E-state index in [4.69, 9.17) is 11.6 Å². The third kappa shape index (κ3) is 4.73. The van der Waals surface area contributed by atoms with Gasteiger partial charge in [0.25, 0.3) is 0 Å². The van der Waals surface area contributed by atoms with Gasteiger partial charge in [-0.25, -0.2) is 0 Å². The average molecular weight is 315 g/mol. The van der Waals surface area contributed by atoms with Crippen LogP contribution < -0.4 is 5.32 Å². The van der Waals surface area contributed by atoms with Gasteiger partial charge in [-0.05, 0) is 50.3 Å². The van der Waals surface area contributed by atoms with Crippen molar-refractivity contribution in [1.82, 2.24) is 10.2 Å². The maximum atomic E-state index is 6.01. The summed E-state index contributed by atoms with van der Waals surface area (Å²) in [6, 6.07) is 4.94. The van der Waals surface area contributed by atoms with Crippen LogP contribution in [0.15, 0.2) is 12.1 Å². The van der Waals surface area contributed by atoms with Crippen LogP contribution in [0.25, 0.3) is 0 Å². The van der Waals surface area contributed by atoms with Crippen LogP contribution in [0, 0.1) is 5.41 Å². The largest absolute Gasteiger partial charge is 0.313 e. The molecule has 0 bridgehead atoms. The molecule has 2 rings (SSSR count). The van der Waals surface area contributed by atoms with Gasteiger partial charge in [-0.3, -0.25) is 0 Å². The van der Waals surface area contributed by atoms with Crippen LogP contribution >= 0.6 is 22.9 Å². The van der Waals surface area contributed by atoms with Gasteiger partial charge in [0, 0.05) is 30.6 Å². The first-order valence-electron chi connectivity index (χ1n) is 7.73. The van der Waals surface area contributed by atoms with Gasteiger partial charge in [0.05, 0.1) is 4.34 Å². The van der Waals surface area contributed by atoms with Crippen molar-refractivity contribution >= 4 is 22.9 Å². The quantitative estimate of drug-likeness (QED) is 0.727. The molecule has 1 saturated carbocycles. The molecule has 0 unspecified atom stereocenters. The number of hydrogen-bond acceptors (Lipinski definition) is 3.